The number of carbonyl (C=O) groups excluding carboxylic acids is 1. The van der Waals surface area contributed by atoms with Gasteiger partial charge in [-0.3, -0.25) is 4.79 Å². The van der Waals surface area contributed by atoms with E-state index in [2.05, 4.69) is 34.9 Å². The number of rotatable bonds is 10. The van der Waals surface area contributed by atoms with Gasteiger partial charge in [0, 0.05) is 17.6 Å². The lowest BCUT2D eigenvalue weighted by atomic mass is 9.80. The fourth-order valence-electron chi connectivity index (χ4n) is 5.04. The first-order chi connectivity index (χ1) is 15.8. The van der Waals surface area contributed by atoms with Crippen LogP contribution in [0.2, 0.25) is 0 Å². The summed E-state index contributed by atoms with van der Waals surface area (Å²) in [6.45, 7) is 1.33. The van der Waals surface area contributed by atoms with E-state index in [9.17, 15) is 4.79 Å². The van der Waals surface area contributed by atoms with Crippen LogP contribution >= 0.6 is 0 Å². The molecule has 1 fully saturated rings. The van der Waals surface area contributed by atoms with Gasteiger partial charge in [0.2, 0.25) is 0 Å². The van der Waals surface area contributed by atoms with Gasteiger partial charge in [-0.05, 0) is 62.4 Å². The Morgan fingerprint density at radius 2 is 1.78 bits per heavy atom. The number of carbonyl (C=O) groups is 1. The summed E-state index contributed by atoms with van der Waals surface area (Å²) in [4.78, 5) is 13.5. The van der Waals surface area contributed by atoms with E-state index < -0.39 is 0 Å². The Labute approximate surface area is 191 Å². The second-order valence-electron chi connectivity index (χ2n) is 8.97. The third-order valence-corrected chi connectivity index (χ3v) is 6.81. The lowest BCUT2D eigenvalue weighted by Gasteiger charge is -2.35. The lowest BCUT2D eigenvalue weighted by molar-refractivity contribution is -0.126. The van der Waals surface area contributed by atoms with Crippen LogP contribution < -0.4 is 20.1 Å². The maximum atomic E-state index is 13.5. The largest absolute Gasteiger partial charge is 0.493 e. The van der Waals surface area contributed by atoms with Crippen molar-refractivity contribution in [3.05, 3.63) is 54.1 Å². The van der Waals surface area contributed by atoms with Crippen LogP contribution in [0.15, 0.2) is 48.5 Å². The molecule has 172 valence electrons. The number of hydrogen-bond donors (Lipinski definition) is 2. The molecule has 0 radical (unpaired) electrons. The number of anilines is 1. The molecule has 2 N–H and O–H groups in total. The van der Waals surface area contributed by atoms with Gasteiger partial charge in [-0.1, -0.05) is 49.6 Å². The molecule has 0 bridgehead atoms. The minimum Gasteiger partial charge on any atom is -0.493 e. The topological polar surface area (TPSA) is 59.6 Å². The Morgan fingerprint density at radius 3 is 2.59 bits per heavy atom. The zero-order valence-electron chi connectivity index (χ0n) is 19.1. The Balaban J connectivity index is 1.35. The van der Waals surface area contributed by atoms with E-state index in [4.69, 9.17) is 9.47 Å². The predicted molar refractivity (Wildman–Crippen MR) is 129 cm³/mol. The Kier molecular flexibility index (Phi) is 8.05. The van der Waals surface area contributed by atoms with Gasteiger partial charge in [0.15, 0.2) is 17.3 Å². The van der Waals surface area contributed by atoms with E-state index in [0.717, 1.165) is 50.1 Å². The summed E-state index contributed by atoms with van der Waals surface area (Å²) < 4.78 is 11.3. The second kappa shape index (κ2) is 11.4. The van der Waals surface area contributed by atoms with Crippen molar-refractivity contribution in [2.24, 2.45) is 5.92 Å². The number of hydrogen-bond acceptors (Lipinski definition) is 5. The predicted octanol–water partition coefficient (Wildman–Crippen LogP) is 5.00. The number of aryl methyl sites for hydroxylation is 1. The molecule has 32 heavy (non-hydrogen) atoms. The van der Waals surface area contributed by atoms with E-state index in [0.29, 0.717) is 12.4 Å². The maximum Gasteiger partial charge on any atom is 0.161 e. The van der Waals surface area contributed by atoms with Gasteiger partial charge in [0.25, 0.3) is 0 Å². The van der Waals surface area contributed by atoms with Crippen LogP contribution in [0.25, 0.3) is 0 Å². The maximum absolute atomic E-state index is 13.5. The molecule has 1 aliphatic heterocycles. The van der Waals surface area contributed by atoms with Crippen molar-refractivity contribution in [2.75, 3.05) is 25.6 Å². The third kappa shape index (κ3) is 5.63. The molecule has 2 aliphatic rings. The van der Waals surface area contributed by atoms with Crippen molar-refractivity contribution in [3.63, 3.8) is 0 Å². The number of ketones is 1. The van der Waals surface area contributed by atoms with E-state index in [-0.39, 0.29) is 18.0 Å². The Bertz CT molecular complexity index is 879. The zero-order valence-corrected chi connectivity index (χ0v) is 19.1. The van der Waals surface area contributed by atoms with Crippen molar-refractivity contribution >= 4 is 11.5 Å². The molecule has 5 nitrogen and oxygen atoms in total. The first kappa shape index (κ1) is 22.7. The standard InChI is InChI=1S/C27H36N2O3/c1-31-24-14-7-8-15-25(24)32-19-9-18-28-26(27(30)21-11-3-2-4-12-21)23-17-16-20-10-5-6-13-22(20)29-23/h5-8,10,13-15,21,23,26,28-29H,2-4,9,11-12,16-19H2,1H3. The van der Waals surface area contributed by atoms with Crippen LogP contribution in [0, 0.1) is 5.92 Å². The number of benzene rings is 2. The van der Waals surface area contributed by atoms with Crippen molar-refractivity contribution in [1.29, 1.82) is 0 Å². The minimum absolute atomic E-state index is 0.134. The number of ether oxygens (including phenoxy) is 2. The molecule has 0 saturated heterocycles. The molecule has 0 aromatic heterocycles. The molecule has 2 aromatic carbocycles. The van der Waals surface area contributed by atoms with Crippen LogP contribution in [-0.2, 0) is 11.2 Å². The summed E-state index contributed by atoms with van der Waals surface area (Å²) >= 11 is 0. The summed E-state index contributed by atoms with van der Waals surface area (Å²) in [6, 6.07) is 16.1. The van der Waals surface area contributed by atoms with Crippen LogP contribution in [0.3, 0.4) is 0 Å². The molecule has 2 aromatic rings. The fourth-order valence-corrected chi connectivity index (χ4v) is 5.04. The number of para-hydroxylation sites is 3. The lowest BCUT2D eigenvalue weighted by Crippen LogP contribution is -2.53. The van der Waals surface area contributed by atoms with E-state index >= 15 is 0 Å². The SMILES string of the molecule is COc1ccccc1OCCCNC(C(=O)C1CCCCC1)C1CCc2ccccc2N1. The van der Waals surface area contributed by atoms with Crippen molar-refractivity contribution in [3.8, 4) is 11.5 Å². The van der Waals surface area contributed by atoms with Gasteiger partial charge in [-0.15, -0.1) is 0 Å². The average molecular weight is 437 g/mol. The van der Waals surface area contributed by atoms with Gasteiger partial charge < -0.3 is 20.1 Å². The average Bonchev–Trinajstić information content (AvgIpc) is 2.86. The fraction of sp³-hybridized carbons (Fsp3) is 0.519. The first-order valence-corrected chi connectivity index (χ1v) is 12.1. The van der Waals surface area contributed by atoms with Gasteiger partial charge in [-0.2, -0.15) is 0 Å². The first-order valence-electron chi connectivity index (χ1n) is 12.1. The smallest absolute Gasteiger partial charge is 0.161 e. The van der Waals surface area contributed by atoms with Crippen LogP contribution in [0.5, 0.6) is 11.5 Å². The molecule has 1 aliphatic carbocycles. The molecular weight excluding hydrogens is 400 g/mol. The van der Waals surface area contributed by atoms with E-state index in [1.165, 1.54) is 30.5 Å². The van der Waals surface area contributed by atoms with Crippen LogP contribution in [0.1, 0.15) is 50.5 Å². The highest BCUT2D eigenvalue weighted by atomic mass is 16.5. The van der Waals surface area contributed by atoms with E-state index in [1.54, 1.807) is 7.11 Å². The molecule has 4 rings (SSSR count). The van der Waals surface area contributed by atoms with Crippen molar-refractivity contribution < 1.29 is 14.3 Å². The quantitative estimate of drug-likeness (QED) is 0.514. The number of Topliss-reactive ketones (excluding diaryl/α,β-unsaturated/α-hetero) is 1. The van der Waals surface area contributed by atoms with Gasteiger partial charge in [0.05, 0.1) is 19.8 Å². The monoisotopic (exact) mass is 436 g/mol. The highest BCUT2D eigenvalue weighted by Gasteiger charge is 2.34. The van der Waals surface area contributed by atoms with Gasteiger partial charge >= 0.3 is 0 Å². The molecule has 2 unspecified atom stereocenters. The Hall–Kier alpha value is -2.53. The molecule has 2 atom stereocenters. The van der Waals surface area contributed by atoms with Crippen LogP contribution in [0.4, 0.5) is 5.69 Å². The highest BCUT2D eigenvalue weighted by Crippen LogP contribution is 2.30. The van der Waals surface area contributed by atoms with Crippen LogP contribution in [-0.4, -0.2) is 38.1 Å². The minimum atomic E-state index is -0.155. The molecule has 0 amide bonds. The molecule has 5 heteroatoms. The third-order valence-electron chi connectivity index (χ3n) is 6.81. The van der Waals surface area contributed by atoms with Gasteiger partial charge in [-0.25, -0.2) is 0 Å². The summed E-state index contributed by atoms with van der Waals surface area (Å²) in [5, 5.41) is 7.28. The van der Waals surface area contributed by atoms with E-state index in [1.807, 2.05) is 24.3 Å². The summed E-state index contributed by atoms with van der Waals surface area (Å²) in [7, 11) is 1.65. The molecular formula is C27H36N2O3. The number of nitrogens with one attached hydrogen (secondary N) is 2. The zero-order chi connectivity index (χ0) is 22.2. The normalized spacial score (nSPS) is 19.5. The van der Waals surface area contributed by atoms with Crippen molar-refractivity contribution in [1.82, 2.24) is 5.32 Å². The molecule has 1 heterocycles. The summed E-state index contributed by atoms with van der Waals surface area (Å²) in [6.07, 6.45) is 8.51. The summed E-state index contributed by atoms with van der Waals surface area (Å²) in [5.74, 6) is 2.10. The van der Waals surface area contributed by atoms with Gasteiger partial charge in [0.1, 0.15) is 0 Å². The summed E-state index contributed by atoms with van der Waals surface area (Å²) in [5.41, 5.74) is 2.52. The highest BCUT2D eigenvalue weighted by molar-refractivity contribution is 5.87. The van der Waals surface area contributed by atoms with Crippen molar-refractivity contribution in [2.45, 2.75) is 63.5 Å². The number of fused-ring (bicyclic) bond motifs is 1. The molecule has 1 saturated carbocycles. The molecule has 0 spiro atoms. The number of methoxy groups -OCH3 is 1. The second-order valence-corrected chi connectivity index (χ2v) is 8.97. The Morgan fingerprint density at radius 1 is 1.03 bits per heavy atom.